The zero-order valence-corrected chi connectivity index (χ0v) is 24.5. The molecule has 8 nitrogen and oxygen atoms in total. The monoisotopic (exact) mass is 603 g/mol. The number of thioether (sulfide) groups is 1. The van der Waals surface area contributed by atoms with Crippen LogP contribution in [0.4, 0.5) is 11.4 Å². The first-order valence-corrected chi connectivity index (χ1v) is 14.6. The lowest BCUT2D eigenvalue weighted by atomic mass is 10.1. The Labute approximate surface area is 259 Å². The van der Waals surface area contributed by atoms with Gasteiger partial charge in [0.1, 0.15) is 22.5 Å². The van der Waals surface area contributed by atoms with Crippen LogP contribution in [-0.4, -0.2) is 24.8 Å². The lowest BCUT2D eigenvalue weighted by molar-refractivity contribution is -0.116. The molecule has 5 aromatic rings. The molecule has 220 valence electrons. The van der Waals surface area contributed by atoms with Crippen LogP contribution in [-0.2, 0) is 9.59 Å². The molecule has 1 aromatic heterocycles. The maximum atomic E-state index is 13.5. The molecule has 3 N–H and O–H groups in total. The van der Waals surface area contributed by atoms with E-state index in [4.69, 9.17) is 9.15 Å². The van der Waals surface area contributed by atoms with Crippen LogP contribution in [0.5, 0.6) is 5.75 Å². The van der Waals surface area contributed by atoms with Gasteiger partial charge >= 0.3 is 0 Å². The van der Waals surface area contributed by atoms with Crippen molar-refractivity contribution in [3.63, 3.8) is 0 Å². The van der Waals surface area contributed by atoms with E-state index in [9.17, 15) is 14.4 Å². The number of methoxy groups -OCH3 is 1. The second-order valence-electron chi connectivity index (χ2n) is 9.50. The summed E-state index contributed by atoms with van der Waals surface area (Å²) in [6, 6.07) is 35.8. The first kappa shape index (κ1) is 29.9. The summed E-state index contributed by atoms with van der Waals surface area (Å²) in [6.45, 7) is 0. The zero-order chi connectivity index (χ0) is 30.7. The van der Waals surface area contributed by atoms with E-state index in [-0.39, 0.29) is 11.6 Å². The van der Waals surface area contributed by atoms with E-state index in [1.807, 2.05) is 36.4 Å². The topological polar surface area (TPSA) is 110 Å². The van der Waals surface area contributed by atoms with Gasteiger partial charge in [0.2, 0.25) is 5.91 Å². The van der Waals surface area contributed by atoms with Crippen LogP contribution in [0.2, 0.25) is 0 Å². The number of carbonyl (C=O) groups is 3. The summed E-state index contributed by atoms with van der Waals surface area (Å²) in [6.07, 6.45) is 2.94. The third-order valence-corrected chi connectivity index (χ3v) is 7.65. The van der Waals surface area contributed by atoms with E-state index >= 15 is 0 Å². The summed E-state index contributed by atoms with van der Waals surface area (Å²) in [7, 11) is 1.59. The molecule has 0 radical (unpaired) electrons. The Bertz CT molecular complexity index is 1740. The van der Waals surface area contributed by atoms with Crippen LogP contribution in [0.15, 0.2) is 143 Å². The first-order valence-electron chi connectivity index (χ1n) is 13.7. The Hall–Kier alpha value is -5.54. The van der Waals surface area contributed by atoms with Crippen molar-refractivity contribution in [2.24, 2.45) is 0 Å². The fourth-order valence-corrected chi connectivity index (χ4v) is 5.31. The van der Waals surface area contributed by atoms with Crippen molar-refractivity contribution in [1.82, 2.24) is 5.32 Å². The average molecular weight is 604 g/mol. The largest absolute Gasteiger partial charge is 0.497 e. The second kappa shape index (κ2) is 14.6. The van der Waals surface area contributed by atoms with Crippen molar-refractivity contribution in [2.45, 2.75) is 10.1 Å². The minimum absolute atomic E-state index is 0.00731. The van der Waals surface area contributed by atoms with Gasteiger partial charge in [0.05, 0.1) is 13.4 Å². The Kier molecular flexibility index (Phi) is 9.91. The van der Waals surface area contributed by atoms with Crippen molar-refractivity contribution in [3.8, 4) is 5.75 Å². The van der Waals surface area contributed by atoms with Gasteiger partial charge in [-0.05, 0) is 72.3 Å². The van der Waals surface area contributed by atoms with Crippen molar-refractivity contribution < 1.29 is 23.5 Å². The number of rotatable bonds is 11. The van der Waals surface area contributed by atoms with Crippen LogP contribution in [0, 0.1) is 0 Å². The molecular weight excluding hydrogens is 574 g/mol. The van der Waals surface area contributed by atoms with E-state index in [1.165, 1.54) is 24.1 Å². The zero-order valence-electron chi connectivity index (χ0n) is 23.7. The molecular formula is C35H29N3O5S. The van der Waals surface area contributed by atoms with Crippen molar-refractivity contribution in [2.75, 3.05) is 17.7 Å². The average Bonchev–Trinajstić information content (AvgIpc) is 3.58. The van der Waals surface area contributed by atoms with Crippen LogP contribution in [0.3, 0.4) is 0 Å². The van der Waals surface area contributed by atoms with Crippen LogP contribution in [0.1, 0.15) is 26.9 Å². The quantitative estimate of drug-likeness (QED) is 0.109. The highest BCUT2D eigenvalue weighted by molar-refractivity contribution is 8.00. The fraction of sp³-hybridized carbons (Fsp3) is 0.0571. The van der Waals surface area contributed by atoms with Gasteiger partial charge in [0, 0.05) is 27.9 Å². The van der Waals surface area contributed by atoms with Gasteiger partial charge in [0.15, 0.2) is 0 Å². The lowest BCUT2D eigenvalue weighted by Crippen LogP contribution is -2.30. The highest BCUT2D eigenvalue weighted by Crippen LogP contribution is 2.37. The molecule has 0 saturated carbocycles. The molecule has 1 atom stereocenters. The summed E-state index contributed by atoms with van der Waals surface area (Å²) in [4.78, 5) is 40.5. The lowest BCUT2D eigenvalue weighted by Gasteiger charge is -2.18. The molecule has 1 unspecified atom stereocenters. The number of carbonyl (C=O) groups excluding carboxylic acids is 3. The van der Waals surface area contributed by atoms with E-state index in [1.54, 1.807) is 92.0 Å². The SMILES string of the molecule is COc1ccc(NC(=O)C(Sc2cccc(NC(=O)/C(=C/c3ccco3)NC(=O)c3ccccc3)c2)c2ccccc2)cc1. The predicted molar refractivity (Wildman–Crippen MR) is 172 cm³/mol. The van der Waals surface area contributed by atoms with Gasteiger partial charge in [-0.1, -0.05) is 54.6 Å². The van der Waals surface area contributed by atoms with E-state index in [0.29, 0.717) is 28.4 Å². The minimum Gasteiger partial charge on any atom is -0.497 e. The maximum absolute atomic E-state index is 13.5. The third-order valence-electron chi connectivity index (χ3n) is 6.40. The normalized spacial score (nSPS) is 11.7. The van der Waals surface area contributed by atoms with Crippen LogP contribution in [0.25, 0.3) is 6.08 Å². The fourth-order valence-electron chi connectivity index (χ4n) is 4.22. The Balaban J connectivity index is 1.34. The summed E-state index contributed by atoms with van der Waals surface area (Å²) < 4.78 is 10.6. The van der Waals surface area contributed by atoms with E-state index in [0.717, 1.165) is 10.5 Å². The van der Waals surface area contributed by atoms with Gasteiger partial charge in [-0.3, -0.25) is 14.4 Å². The molecule has 4 aromatic carbocycles. The number of hydrogen-bond donors (Lipinski definition) is 3. The minimum atomic E-state index is -0.580. The highest BCUT2D eigenvalue weighted by atomic mass is 32.2. The molecule has 0 aliphatic heterocycles. The van der Waals surface area contributed by atoms with E-state index in [2.05, 4.69) is 16.0 Å². The molecule has 0 fully saturated rings. The molecule has 9 heteroatoms. The molecule has 0 bridgehead atoms. The summed E-state index contributed by atoms with van der Waals surface area (Å²) >= 11 is 1.35. The molecule has 44 heavy (non-hydrogen) atoms. The Morgan fingerprint density at radius 2 is 1.50 bits per heavy atom. The molecule has 0 spiro atoms. The van der Waals surface area contributed by atoms with Crippen LogP contribution >= 0.6 is 11.8 Å². The standard InChI is InChI=1S/C35H29N3O5S/c1-42-28-19-17-26(18-20-28)36-35(41)32(24-10-4-2-5-11-24)44-30-16-8-14-27(22-30)37-34(40)31(23-29-15-9-21-43-29)38-33(39)25-12-6-3-7-13-25/h2-23,32H,1H3,(H,36,41)(H,37,40)(H,38,39)/b31-23-. The summed E-state index contributed by atoms with van der Waals surface area (Å²) in [5.74, 6) is -0.0757. The number of benzene rings is 4. The predicted octanol–water partition coefficient (Wildman–Crippen LogP) is 7.17. The highest BCUT2D eigenvalue weighted by Gasteiger charge is 2.23. The van der Waals surface area contributed by atoms with Gasteiger partial charge in [-0.25, -0.2) is 0 Å². The number of hydrogen-bond acceptors (Lipinski definition) is 6. The van der Waals surface area contributed by atoms with E-state index < -0.39 is 17.1 Å². The summed E-state index contributed by atoms with van der Waals surface area (Å²) in [5, 5.41) is 7.95. The van der Waals surface area contributed by atoms with Gasteiger partial charge in [-0.2, -0.15) is 0 Å². The molecule has 0 aliphatic carbocycles. The van der Waals surface area contributed by atoms with Gasteiger partial charge in [0.25, 0.3) is 11.8 Å². The number of ether oxygens (including phenoxy) is 1. The molecule has 1 heterocycles. The summed E-state index contributed by atoms with van der Waals surface area (Å²) in [5.41, 5.74) is 2.37. The smallest absolute Gasteiger partial charge is 0.272 e. The molecule has 0 aliphatic rings. The van der Waals surface area contributed by atoms with Crippen molar-refractivity contribution in [3.05, 3.63) is 150 Å². The third kappa shape index (κ3) is 8.05. The number of nitrogens with one attached hydrogen (secondary N) is 3. The van der Waals surface area contributed by atoms with Gasteiger partial charge < -0.3 is 25.1 Å². The first-order chi connectivity index (χ1) is 21.5. The second-order valence-corrected chi connectivity index (χ2v) is 10.7. The van der Waals surface area contributed by atoms with Crippen LogP contribution < -0.4 is 20.7 Å². The molecule has 3 amide bonds. The molecule has 0 saturated heterocycles. The number of furan rings is 1. The maximum Gasteiger partial charge on any atom is 0.272 e. The van der Waals surface area contributed by atoms with Gasteiger partial charge in [-0.15, -0.1) is 11.8 Å². The number of amides is 3. The van der Waals surface area contributed by atoms with Crippen molar-refractivity contribution >= 4 is 46.9 Å². The Morgan fingerprint density at radius 3 is 2.18 bits per heavy atom. The number of anilines is 2. The molecule has 5 rings (SSSR count). The Morgan fingerprint density at radius 1 is 0.773 bits per heavy atom. The van der Waals surface area contributed by atoms with Crippen molar-refractivity contribution in [1.29, 1.82) is 0 Å².